The molecule has 8 heteroatoms. The Labute approximate surface area is 106 Å². The van der Waals surface area contributed by atoms with E-state index in [2.05, 4.69) is 9.82 Å². The minimum absolute atomic E-state index is 0.00287. The Balaban J connectivity index is 3.09. The monoisotopic (exact) mass is 275 g/mol. The molecule has 0 aliphatic rings. The van der Waals surface area contributed by atoms with Gasteiger partial charge in [-0.2, -0.15) is 9.82 Å². The van der Waals surface area contributed by atoms with Crippen LogP contribution in [0.1, 0.15) is 19.5 Å². The molecule has 0 spiro atoms. The lowest BCUT2D eigenvalue weighted by Gasteiger charge is -2.17. The topological polar surface area (TPSA) is 101 Å². The van der Waals surface area contributed by atoms with E-state index >= 15 is 0 Å². The van der Waals surface area contributed by atoms with Gasteiger partial charge in [-0.05, 0) is 12.8 Å². The number of hydrogen-bond acceptors (Lipinski definition) is 4. The number of aliphatic carboxylic acids is 1. The highest BCUT2D eigenvalue weighted by atomic mass is 32.2. The van der Waals surface area contributed by atoms with Crippen LogP contribution in [0, 0.1) is 12.8 Å². The van der Waals surface area contributed by atoms with Gasteiger partial charge in [-0.3, -0.25) is 9.48 Å². The zero-order valence-corrected chi connectivity index (χ0v) is 11.5. The van der Waals surface area contributed by atoms with Crippen molar-refractivity contribution >= 4 is 16.0 Å². The van der Waals surface area contributed by atoms with Crippen molar-refractivity contribution in [2.45, 2.75) is 31.7 Å². The van der Waals surface area contributed by atoms with Crippen LogP contribution in [0.15, 0.2) is 11.1 Å². The molecule has 1 heterocycles. The third-order valence-corrected chi connectivity index (χ3v) is 4.24. The van der Waals surface area contributed by atoms with Gasteiger partial charge in [0.2, 0.25) is 10.0 Å². The summed E-state index contributed by atoms with van der Waals surface area (Å²) in [6.07, 6.45) is 1.21. The van der Waals surface area contributed by atoms with Gasteiger partial charge in [-0.15, -0.1) is 0 Å². The maximum Gasteiger partial charge on any atom is 0.322 e. The van der Waals surface area contributed by atoms with Gasteiger partial charge in [0.15, 0.2) is 0 Å². The third-order valence-electron chi connectivity index (χ3n) is 2.69. The van der Waals surface area contributed by atoms with Gasteiger partial charge in [-0.25, -0.2) is 8.42 Å². The molecular weight excluding hydrogens is 258 g/mol. The molecule has 0 bridgehead atoms. The number of rotatable bonds is 5. The number of sulfonamides is 1. The van der Waals surface area contributed by atoms with Gasteiger partial charge in [-0.1, -0.05) is 13.8 Å². The molecule has 0 aromatic carbocycles. The Morgan fingerprint density at radius 2 is 2.06 bits per heavy atom. The van der Waals surface area contributed by atoms with E-state index in [9.17, 15) is 13.2 Å². The Morgan fingerprint density at radius 3 is 2.39 bits per heavy atom. The van der Waals surface area contributed by atoms with Crippen molar-refractivity contribution in [3.05, 3.63) is 11.9 Å². The lowest BCUT2D eigenvalue weighted by atomic mass is 10.1. The molecule has 1 rings (SSSR count). The molecule has 0 radical (unpaired) electrons. The molecule has 0 saturated heterocycles. The van der Waals surface area contributed by atoms with Gasteiger partial charge < -0.3 is 5.11 Å². The Bertz CT molecular complexity index is 547. The van der Waals surface area contributed by atoms with E-state index in [-0.39, 0.29) is 10.8 Å². The van der Waals surface area contributed by atoms with Crippen molar-refractivity contribution in [1.29, 1.82) is 0 Å². The molecule has 102 valence electrons. The summed E-state index contributed by atoms with van der Waals surface area (Å²) in [7, 11) is -2.26. The molecule has 0 fully saturated rings. The normalized spacial score (nSPS) is 13.8. The van der Waals surface area contributed by atoms with Crippen molar-refractivity contribution in [3.8, 4) is 0 Å². The van der Waals surface area contributed by atoms with Crippen molar-refractivity contribution in [2.24, 2.45) is 13.0 Å². The summed E-state index contributed by atoms with van der Waals surface area (Å²) in [6, 6.07) is -1.16. The standard InChI is InChI=1S/C10H17N3O4S/c1-6(2)9(10(14)15)12-18(16,17)8-5-11-13(4)7(8)3/h5-6,9,12H,1-4H3,(H,14,15). The van der Waals surface area contributed by atoms with Crippen LogP contribution in [0.25, 0.3) is 0 Å². The fourth-order valence-electron chi connectivity index (χ4n) is 1.44. The highest BCUT2D eigenvalue weighted by Gasteiger charge is 2.29. The third kappa shape index (κ3) is 2.88. The number of aromatic nitrogens is 2. The first-order valence-corrected chi connectivity index (χ1v) is 6.89. The van der Waals surface area contributed by atoms with Crippen LogP contribution in [0.5, 0.6) is 0 Å². The zero-order valence-electron chi connectivity index (χ0n) is 10.7. The van der Waals surface area contributed by atoms with Crippen LogP contribution in [0.3, 0.4) is 0 Å². The summed E-state index contributed by atoms with van der Waals surface area (Å²) in [5, 5.41) is 12.8. The van der Waals surface area contributed by atoms with Crippen molar-refractivity contribution in [1.82, 2.24) is 14.5 Å². The van der Waals surface area contributed by atoms with Crippen LogP contribution in [-0.2, 0) is 21.9 Å². The van der Waals surface area contributed by atoms with Crippen LogP contribution in [-0.4, -0.2) is 35.3 Å². The molecule has 0 aliphatic heterocycles. The second kappa shape index (κ2) is 5.07. The van der Waals surface area contributed by atoms with Crippen LogP contribution >= 0.6 is 0 Å². The van der Waals surface area contributed by atoms with E-state index in [0.717, 1.165) is 0 Å². The lowest BCUT2D eigenvalue weighted by molar-refractivity contribution is -0.140. The number of carbonyl (C=O) groups is 1. The Hall–Kier alpha value is -1.41. The summed E-state index contributed by atoms with van der Waals surface area (Å²) >= 11 is 0. The molecule has 1 unspecified atom stereocenters. The average molecular weight is 275 g/mol. The molecule has 7 nitrogen and oxygen atoms in total. The smallest absolute Gasteiger partial charge is 0.322 e. The van der Waals surface area contributed by atoms with E-state index in [4.69, 9.17) is 5.11 Å². The molecule has 1 aromatic heterocycles. The summed E-state index contributed by atoms with van der Waals surface area (Å²) in [4.78, 5) is 11.0. The van der Waals surface area contributed by atoms with Crippen molar-refractivity contribution in [3.63, 3.8) is 0 Å². The Kier molecular flexibility index (Phi) is 4.12. The minimum Gasteiger partial charge on any atom is -0.480 e. The second-order valence-corrected chi connectivity index (χ2v) is 6.08. The fourth-order valence-corrected chi connectivity index (χ4v) is 2.99. The quantitative estimate of drug-likeness (QED) is 0.794. The zero-order chi connectivity index (χ0) is 14.1. The minimum atomic E-state index is -3.87. The number of nitrogens with zero attached hydrogens (tertiary/aromatic N) is 2. The highest BCUT2D eigenvalue weighted by molar-refractivity contribution is 7.89. The van der Waals surface area contributed by atoms with E-state index in [1.54, 1.807) is 27.8 Å². The first kappa shape index (κ1) is 14.7. The van der Waals surface area contributed by atoms with E-state index in [1.165, 1.54) is 10.9 Å². The summed E-state index contributed by atoms with van der Waals surface area (Å²) in [6.45, 7) is 4.88. The summed E-state index contributed by atoms with van der Waals surface area (Å²) in [5.41, 5.74) is 0.454. The van der Waals surface area contributed by atoms with E-state index in [0.29, 0.717) is 5.69 Å². The van der Waals surface area contributed by atoms with Gasteiger partial charge in [0.1, 0.15) is 10.9 Å². The molecule has 1 aromatic rings. The van der Waals surface area contributed by atoms with Gasteiger partial charge in [0, 0.05) is 7.05 Å². The van der Waals surface area contributed by atoms with Crippen LogP contribution in [0.2, 0.25) is 0 Å². The van der Waals surface area contributed by atoms with Crippen LogP contribution in [0.4, 0.5) is 0 Å². The largest absolute Gasteiger partial charge is 0.480 e. The SMILES string of the molecule is Cc1c(S(=O)(=O)NC(C(=O)O)C(C)C)cnn1C. The van der Waals surface area contributed by atoms with Crippen molar-refractivity contribution in [2.75, 3.05) is 0 Å². The number of carboxylic acids is 1. The number of hydrogen-bond donors (Lipinski definition) is 2. The molecule has 0 aliphatic carbocycles. The molecule has 0 saturated carbocycles. The van der Waals surface area contributed by atoms with Gasteiger partial charge in [0.25, 0.3) is 0 Å². The maximum absolute atomic E-state index is 12.1. The molecule has 1 atom stereocenters. The first-order valence-electron chi connectivity index (χ1n) is 5.40. The predicted molar refractivity (Wildman–Crippen MR) is 64.5 cm³/mol. The fraction of sp³-hybridized carbons (Fsp3) is 0.600. The number of aryl methyl sites for hydroxylation is 1. The maximum atomic E-state index is 12.1. The lowest BCUT2D eigenvalue weighted by Crippen LogP contribution is -2.44. The first-order chi connectivity index (χ1) is 8.16. The average Bonchev–Trinajstić information content (AvgIpc) is 2.56. The van der Waals surface area contributed by atoms with Crippen molar-refractivity contribution < 1.29 is 18.3 Å². The summed E-state index contributed by atoms with van der Waals surface area (Å²) in [5.74, 6) is -1.55. The molecule has 18 heavy (non-hydrogen) atoms. The molecule has 2 N–H and O–H groups in total. The Morgan fingerprint density at radius 1 is 1.50 bits per heavy atom. The van der Waals surface area contributed by atoms with Gasteiger partial charge in [0.05, 0.1) is 11.9 Å². The second-order valence-electron chi connectivity index (χ2n) is 4.40. The van der Waals surface area contributed by atoms with E-state index in [1.807, 2.05) is 0 Å². The number of carboxylic acid groups (broad SMARTS) is 1. The number of nitrogens with one attached hydrogen (secondary N) is 1. The molecule has 0 amide bonds. The van der Waals surface area contributed by atoms with Crippen LogP contribution < -0.4 is 4.72 Å². The summed E-state index contributed by atoms with van der Waals surface area (Å²) < 4.78 is 27.7. The molecular formula is C10H17N3O4S. The predicted octanol–water partition coefficient (Wildman–Crippen LogP) is 0.116. The highest BCUT2D eigenvalue weighted by Crippen LogP contribution is 2.15. The van der Waals surface area contributed by atoms with Gasteiger partial charge >= 0.3 is 5.97 Å². The van der Waals surface area contributed by atoms with E-state index < -0.39 is 22.0 Å².